The van der Waals surface area contributed by atoms with Crippen LogP contribution in [0.25, 0.3) is 33.8 Å². The molecule has 0 bridgehead atoms. The van der Waals surface area contributed by atoms with Crippen LogP contribution in [0.5, 0.6) is 0 Å². The molecule has 4 rings (SSSR count). The molecule has 27 heavy (non-hydrogen) atoms. The van der Waals surface area contributed by atoms with Crippen LogP contribution in [0.3, 0.4) is 0 Å². The van der Waals surface area contributed by atoms with E-state index in [9.17, 15) is 8.78 Å². The third-order valence-corrected chi connectivity index (χ3v) is 4.38. The Balaban J connectivity index is 1.95. The van der Waals surface area contributed by atoms with Crippen molar-refractivity contribution in [2.24, 2.45) is 0 Å². The van der Waals surface area contributed by atoms with Gasteiger partial charge in [0.2, 0.25) is 0 Å². The minimum absolute atomic E-state index is 0.355. The van der Waals surface area contributed by atoms with Crippen LogP contribution in [0, 0.1) is 18.6 Å². The van der Waals surface area contributed by atoms with E-state index in [1.54, 1.807) is 6.20 Å². The van der Waals surface area contributed by atoms with Gasteiger partial charge in [-0.2, -0.15) is 0 Å². The van der Waals surface area contributed by atoms with Crippen molar-refractivity contribution >= 4 is 0 Å². The van der Waals surface area contributed by atoms with Crippen molar-refractivity contribution in [3.63, 3.8) is 0 Å². The van der Waals surface area contributed by atoms with E-state index in [1.165, 1.54) is 12.1 Å². The summed E-state index contributed by atoms with van der Waals surface area (Å²) in [4.78, 5) is 9.33. The Labute approximate surface area is 156 Å². The molecule has 0 saturated carbocycles. The van der Waals surface area contributed by atoms with Crippen molar-refractivity contribution in [1.82, 2.24) is 9.97 Å². The van der Waals surface area contributed by atoms with Gasteiger partial charge in [-0.3, -0.25) is 4.98 Å². The zero-order valence-electron chi connectivity index (χ0n) is 14.7. The van der Waals surface area contributed by atoms with Gasteiger partial charge in [-0.15, -0.1) is 0 Å². The monoisotopic (exact) mass is 358 g/mol. The number of halogens is 2. The second-order valence-corrected chi connectivity index (χ2v) is 6.29. The van der Waals surface area contributed by atoms with Gasteiger partial charge in [0.1, 0.15) is 11.6 Å². The first-order chi connectivity index (χ1) is 13.1. The Hall–Kier alpha value is -3.40. The first kappa shape index (κ1) is 17.0. The van der Waals surface area contributed by atoms with E-state index in [1.807, 2.05) is 61.5 Å². The lowest BCUT2D eigenvalue weighted by molar-refractivity contribution is 0.584. The lowest BCUT2D eigenvalue weighted by atomic mass is 10.00. The summed E-state index contributed by atoms with van der Waals surface area (Å²) < 4.78 is 27.3. The molecule has 4 heteroatoms. The van der Waals surface area contributed by atoms with E-state index < -0.39 is 11.6 Å². The van der Waals surface area contributed by atoms with Gasteiger partial charge >= 0.3 is 0 Å². The average molecular weight is 358 g/mol. The second-order valence-electron chi connectivity index (χ2n) is 6.29. The number of hydrogen-bond acceptors (Lipinski definition) is 2. The molecule has 132 valence electrons. The van der Waals surface area contributed by atoms with Crippen molar-refractivity contribution in [1.29, 1.82) is 0 Å². The Morgan fingerprint density at radius 2 is 1.37 bits per heavy atom. The van der Waals surface area contributed by atoms with Crippen molar-refractivity contribution in [2.45, 2.75) is 6.92 Å². The van der Waals surface area contributed by atoms with Crippen LogP contribution >= 0.6 is 0 Å². The van der Waals surface area contributed by atoms with E-state index in [-0.39, 0.29) is 0 Å². The van der Waals surface area contributed by atoms with Gasteiger partial charge < -0.3 is 0 Å². The molecule has 0 atom stereocenters. The average Bonchev–Trinajstić information content (AvgIpc) is 2.68. The summed E-state index contributed by atoms with van der Waals surface area (Å²) in [5.74, 6) is -1.29. The SMILES string of the molecule is Cc1ccccc1-c1ncc(-c2cc(F)cc(F)c2)nc1-c1ccccc1. The van der Waals surface area contributed by atoms with E-state index in [0.29, 0.717) is 17.0 Å². The zero-order chi connectivity index (χ0) is 18.8. The molecular formula is C23H16F2N2. The van der Waals surface area contributed by atoms with Gasteiger partial charge in [0.25, 0.3) is 0 Å². The fourth-order valence-corrected chi connectivity index (χ4v) is 3.06. The highest BCUT2D eigenvalue weighted by Gasteiger charge is 2.15. The number of benzene rings is 3. The molecule has 0 fully saturated rings. The molecule has 0 aliphatic heterocycles. The van der Waals surface area contributed by atoms with Crippen LogP contribution in [0.2, 0.25) is 0 Å². The lowest BCUT2D eigenvalue weighted by Gasteiger charge is -2.12. The largest absolute Gasteiger partial charge is 0.252 e. The van der Waals surface area contributed by atoms with Crippen LogP contribution in [0.4, 0.5) is 8.78 Å². The van der Waals surface area contributed by atoms with Crippen molar-refractivity contribution in [2.75, 3.05) is 0 Å². The smallest absolute Gasteiger partial charge is 0.126 e. The van der Waals surface area contributed by atoms with Gasteiger partial charge in [-0.25, -0.2) is 13.8 Å². The number of rotatable bonds is 3. The third-order valence-electron chi connectivity index (χ3n) is 4.38. The second kappa shape index (κ2) is 7.08. The molecule has 0 N–H and O–H groups in total. The van der Waals surface area contributed by atoms with Crippen LogP contribution in [0.1, 0.15) is 5.56 Å². The summed E-state index contributed by atoms with van der Waals surface area (Å²) in [5.41, 5.74) is 5.13. The standard InChI is InChI=1S/C23H16F2N2/c1-15-7-5-6-10-20(15)23-22(16-8-3-2-4-9-16)27-21(14-26-23)17-11-18(24)13-19(25)12-17/h2-14H,1H3. The van der Waals surface area contributed by atoms with Gasteiger partial charge in [0.15, 0.2) is 0 Å². The zero-order valence-corrected chi connectivity index (χ0v) is 14.7. The fraction of sp³-hybridized carbons (Fsp3) is 0.0435. The number of aryl methyl sites for hydroxylation is 1. The Morgan fingerprint density at radius 3 is 2.07 bits per heavy atom. The fourth-order valence-electron chi connectivity index (χ4n) is 3.06. The summed E-state index contributed by atoms with van der Waals surface area (Å²) >= 11 is 0. The number of aromatic nitrogens is 2. The lowest BCUT2D eigenvalue weighted by Crippen LogP contribution is -1.98. The molecule has 1 aromatic heterocycles. The molecule has 1 heterocycles. The minimum atomic E-state index is -0.643. The first-order valence-corrected chi connectivity index (χ1v) is 8.57. The number of hydrogen-bond donors (Lipinski definition) is 0. The molecule has 0 saturated heterocycles. The summed E-state index contributed by atoms with van der Waals surface area (Å²) in [7, 11) is 0. The molecule has 0 radical (unpaired) electrons. The van der Waals surface area contributed by atoms with Gasteiger partial charge in [-0.1, -0.05) is 54.6 Å². The summed E-state index contributed by atoms with van der Waals surface area (Å²) in [6, 6.07) is 21.0. The van der Waals surface area contributed by atoms with Gasteiger partial charge in [0, 0.05) is 22.8 Å². The van der Waals surface area contributed by atoms with E-state index in [4.69, 9.17) is 4.98 Å². The molecule has 4 aromatic rings. The molecule has 0 spiro atoms. The summed E-state index contributed by atoms with van der Waals surface area (Å²) in [6.07, 6.45) is 1.56. The molecular weight excluding hydrogens is 342 g/mol. The predicted molar refractivity (Wildman–Crippen MR) is 103 cm³/mol. The highest BCUT2D eigenvalue weighted by atomic mass is 19.1. The highest BCUT2D eigenvalue weighted by Crippen LogP contribution is 2.32. The Bertz CT molecular complexity index is 1090. The van der Waals surface area contributed by atoms with E-state index in [2.05, 4.69) is 4.98 Å². The van der Waals surface area contributed by atoms with Crippen molar-refractivity contribution in [3.05, 3.63) is 96.2 Å². The van der Waals surface area contributed by atoms with Crippen LogP contribution in [0.15, 0.2) is 79.0 Å². The van der Waals surface area contributed by atoms with Gasteiger partial charge in [0.05, 0.1) is 23.3 Å². The quantitative estimate of drug-likeness (QED) is 0.444. The molecule has 3 aromatic carbocycles. The third kappa shape index (κ3) is 3.47. The molecule has 0 unspecified atom stereocenters. The molecule has 2 nitrogen and oxygen atoms in total. The maximum absolute atomic E-state index is 13.6. The van der Waals surface area contributed by atoms with Crippen molar-refractivity contribution in [3.8, 4) is 33.8 Å². The molecule has 0 aliphatic carbocycles. The molecule has 0 amide bonds. The van der Waals surface area contributed by atoms with Crippen molar-refractivity contribution < 1.29 is 8.78 Å². The van der Waals surface area contributed by atoms with Gasteiger partial charge in [-0.05, 0) is 24.6 Å². The molecule has 0 aliphatic rings. The predicted octanol–water partition coefficient (Wildman–Crippen LogP) is 6.06. The Morgan fingerprint density at radius 1 is 0.704 bits per heavy atom. The Kier molecular flexibility index (Phi) is 4.47. The van der Waals surface area contributed by atoms with E-state index in [0.717, 1.165) is 28.5 Å². The van der Waals surface area contributed by atoms with E-state index >= 15 is 0 Å². The minimum Gasteiger partial charge on any atom is -0.252 e. The van der Waals surface area contributed by atoms with Crippen LogP contribution < -0.4 is 0 Å². The topological polar surface area (TPSA) is 25.8 Å². The maximum atomic E-state index is 13.6. The highest BCUT2D eigenvalue weighted by molar-refractivity contribution is 5.81. The number of nitrogens with zero attached hydrogens (tertiary/aromatic N) is 2. The normalized spacial score (nSPS) is 10.8. The van der Waals surface area contributed by atoms with Crippen LogP contribution in [-0.2, 0) is 0 Å². The maximum Gasteiger partial charge on any atom is 0.126 e. The van der Waals surface area contributed by atoms with Crippen LogP contribution in [-0.4, -0.2) is 9.97 Å². The first-order valence-electron chi connectivity index (χ1n) is 8.57. The summed E-state index contributed by atoms with van der Waals surface area (Å²) in [6.45, 7) is 2.02. The summed E-state index contributed by atoms with van der Waals surface area (Å²) in [5, 5.41) is 0.